The van der Waals surface area contributed by atoms with E-state index in [9.17, 15) is 17.6 Å². The highest BCUT2D eigenvalue weighted by Gasteiger charge is 2.27. The number of anilines is 1. The van der Waals surface area contributed by atoms with Gasteiger partial charge < -0.3 is 10.0 Å². The molecule has 1 heterocycles. The van der Waals surface area contributed by atoms with Crippen molar-refractivity contribution in [3.63, 3.8) is 0 Å². The minimum atomic E-state index is -3.45. The molecule has 1 aromatic rings. The molecule has 1 aliphatic rings. The number of hydrogen-bond donors (Lipinski definition) is 1. The van der Waals surface area contributed by atoms with Gasteiger partial charge in [-0.05, 0) is 31.0 Å². The molecule has 1 saturated heterocycles. The summed E-state index contributed by atoms with van der Waals surface area (Å²) in [5.41, 5.74) is 0.253. The SMILES string of the molecule is CS(=O)(=O)c1ccc(N2CCC[C@H](C(=O)O)C2)c(F)c1. The zero-order chi connectivity index (χ0) is 14.9. The molecule has 0 unspecified atom stereocenters. The maximum atomic E-state index is 14.0. The molecule has 1 fully saturated rings. The van der Waals surface area contributed by atoms with Crippen LogP contribution in [-0.2, 0) is 14.6 Å². The van der Waals surface area contributed by atoms with E-state index < -0.39 is 27.5 Å². The molecule has 1 aliphatic heterocycles. The van der Waals surface area contributed by atoms with E-state index in [1.807, 2.05) is 0 Å². The van der Waals surface area contributed by atoms with Crippen LogP contribution in [0.2, 0.25) is 0 Å². The van der Waals surface area contributed by atoms with Crippen molar-refractivity contribution in [2.24, 2.45) is 5.92 Å². The molecule has 1 aromatic carbocycles. The summed E-state index contributed by atoms with van der Waals surface area (Å²) in [5, 5.41) is 9.02. The number of carbonyl (C=O) groups is 1. The second-order valence-electron chi connectivity index (χ2n) is 5.01. The number of piperidine rings is 1. The predicted octanol–water partition coefficient (Wildman–Crippen LogP) is 1.53. The van der Waals surface area contributed by atoms with Crippen LogP contribution in [0.4, 0.5) is 10.1 Å². The molecule has 0 spiro atoms. The van der Waals surface area contributed by atoms with E-state index >= 15 is 0 Å². The van der Waals surface area contributed by atoms with Gasteiger partial charge in [-0.3, -0.25) is 4.79 Å². The summed E-state index contributed by atoms with van der Waals surface area (Å²) in [6, 6.07) is 3.73. The number of halogens is 1. The molecule has 0 bridgehead atoms. The van der Waals surface area contributed by atoms with Gasteiger partial charge in [-0.1, -0.05) is 0 Å². The number of carboxylic acids is 1. The first kappa shape index (κ1) is 14.8. The summed E-state index contributed by atoms with van der Waals surface area (Å²) in [6.07, 6.45) is 2.27. The highest BCUT2D eigenvalue weighted by molar-refractivity contribution is 7.90. The van der Waals surface area contributed by atoms with Crippen LogP contribution in [0, 0.1) is 11.7 Å². The van der Waals surface area contributed by atoms with Crippen LogP contribution in [0.1, 0.15) is 12.8 Å². The molecule has 110 valence electrons. The number of aliphatic carboxylic acids is 1. The van der Waals surface area contributed by atoms with E-state index in [1.54, 1.807) is 4.90 Å². The van der Waals surface area contributed by atoms with Gasteiger partial charge in [0.2, 0.25) is 0 Å². The van der Waals surface area contributed by atoms with E-state index in [1.165, 1.54) is 12.1 Å². The maximum Gasteiger partial charge on any atom is 0.308 e. The van der Waals surface area contributed by atoms with Crippen molar-refractivity contribution in [2.75, 3.05) is 24.2 Å². The van der Waals surface area contributed by atoms with Gasteiger partial charge in [-0.2, -0.15) is 0 Å². The Morgan fingerprint density at radius 1 is 1.45 bits per heavy atom. The van der Waals surface area contributed by atoms with Crippen molar-refractivity contribution in [2.45, 2.75) is 17.7 Å². The fourth-order valence-electron chi connectivity index (χ4n) is 2.37. The Kier molecular flexibility index (Phi) is 3.99. The number of benzene rings is 1. The van der Waals surface area contributed by atoms with Gasteiger partial charge in [-0.15, -0.1) is 0 Å². The van der Waals surface area contributed by atoms with Crippen LogP contribution in [0.25, 0.3) is 0 Å². The smallest absolute Gasteiger partial charge is 0.308 e. The first-order chi connectivity index (χ1) is 9.29. The van der Waals surface area contributed by atoms with E-state index in [0.29, 0.717) is 19.4 Å². The quantitative estimate of drug-likeness (QED) is 0.916. The molecule has 7 heteroatoms. The van der Waals surface area contributed by atoms with Crippen LogP contribution in [0.3, 0.4) is 0 Å². The minimum Gasteiger partial charge on any atom is -0.481 e. The Balaban J connectivity index is 2.27. The summed E-state index contributed by atoms with van der Waals surface area (Å²) in [5.74, 6) is -2.04. The minimum absolute atomic E-state index is 0.0782. The third kappa shape index (κ3) is 3.09. The number of sulfone groups is 1. The molecular weight excluding hydrogens is 285 g/mol. The first-order valence-electron chi connectivity index (χ1n) is 6.26. The second-order valence-corrected chi connectivity index (χ2v) is 7.02. The van der Waals surface area contributed by atoms with E-state index in [0.717, 1.165) is 12.3 Å². The molecule has 20 heavy (non-hydrogen) atoms. The monoisotopic (exact) mass is 301 g/mol. The van der Waals surface area contributed by atoms with E-state index in [2.05, 4.69) is 0 Å². The van der Waals surface area contributed by atoms with E-state index in [-0.39, 0.29) is 17.1 Å². The van der Waals surface area contributed by atoms with Crippen molar-refractivity contribution >= 4 is 21.5 Å². The summed E-state index contributed by atoms with van der Waals surface area (Å²) in [7, 11) is -3.45. The van der Waals surface area contributed by atoms with Gasteiger partial charge in [0.15, 0.2) is 9.84 Å². The molecule has 1 N–H and O–H groups in total. The third-order valence-corrected chi connectivity index (χ3v) is 4.57. The Morgan fingerprint density at radius 2 is 2.15 bits per heavy atom. The number of rotatable bonds is 3. The second kappa shape index (κ2) is 5.40. The highest BCUT2D eigenvalue weighted by atomic mass is 32.2. The van der Waals surface area contributed by atoms with Crippen LogP contribution >= 0.6 is 0 Å². The summed E-state index contributed by atoms with van der Waals surface area (Å²) >= 11 is 0. The zero-order valence-electron chi connectivity index (χ0n) is 11.0. The molecule has 5 nitrogen and oxygen atoms in total. The van der Waals surface area contributed by atoms with Crippen LogP contribution in [0.15, 0.2) is 23.1 Å². The van der Waals surface area contributed by atoms with Crippen LogP contribution in [-0.4, -0.2) is 38.8 Å². The molecule has 0 amide bonds. The lowest BCUT2D eigenvalue weighted by molar-refractivity contribution is -0.141. The largest absolute Gasteiger partial charge is 0.481 e. The van der Waals surface area contributed by atoms with Crippen molar-refractivity contribution in [3.05, 3.63) is 24.0 Å². The summed E-state index contributed by atoms with van der Waals surface area (Å²) in [4.78, 5) is 12.6. The average Bonchev–Trinajstić information content (AvgIpc) is 2.37. The average molecular weight is 301 g/mol. The van der Waals surface area contributed by atoms with Gasteiger partial charge in [0.1, 0.15) is 5.82 Å². The number of carboxylic acid groups (broad SMARTS) is 1. The number of hydrogen-bond acceptors (Lipinski definition) is 4. The molecule has 0 saturated carbocycles. The maximum absolute atomic E-state index is 14.0. The Labute approximate surface area is 116 Å². The summed E-state index contributed by atoms with van der Waals surface area (Å²) in [6.45, 7) is 0.809. The molecule has 0 aromatic heterocycles. The third-order valence-electron chi connectivity index (χ3n) is 3.46. The lowest BCUT2D eigenvalue weighted by Gasteiger charge is -2.32. The van der Waals surface area contributed by atoms with Gasteiger partial charge >= 0.3 is 5.97 Å². The fourth-order valence-corrected chi connectivity index (χ4v) is 3.01. The van der Waals surface area contributed by atoms with Crippen molar-refractivity contribution < 1.29 is 22.7 Å². The lowest BCUT2D eigenvalue weighted by atomic mass is 9.98. The summed E-state index contributed by atoms with van der Waals surface area (Å²) < 4.78 is 36.8. The molecule has 0 aliphatic carbocycles. The van der Waals surface area contributed by atoms with Crippen molar-refractivity contribution in [1.82, 2.24) is 0 Å². The van der Waals surface area contributed by atoms with Crippen molar-refractivity contribution in [1.29, 1.82) is 0 Å². The zero-order valence-corrected chi connectivity index (χ0v) is 11.9. The van der Waals surface area contributed by atoms with E-state index in [4.69, 9.17) is 5.11 Å². The van der Waals surface area contributed by atoms with Gasteiger partial charge in [0, 0.05) is 19.3 Å². The fraction of sp³-hybridized carbons (Fsp3) is 0.462. The molecular formula is C13H16FNO4S. The van der Waals surface area contributed by atoms with Crippen LogP contribution < -0.4 is 4.90 Å². The molecule has 0 radical (unpaired) electrons. The topological polar surface area (TPSA) is 74.7 Å². The van der Waals surface area contributed by atoms with Crippen molar-refractivity contribution in [3.8, 4) is 0 Å². The lowest BCUT2D eigenvalue weighted by Crippen LogP contribution is -2.39. The standard InChI is InChI=1S/C13H16FNO4S/c1-20(18,19)10-4-5-12(11(14)7-10)15-6-2-3-9(8-15)13(16)17/h4-5,7,9H,2-3,6,8H2,1H3,(H,16,17)/t9-/m0/s1. The van der Waals surface area contributed by atoms with Gasteiger partial charge in [0.25, 0.3) is 0 Å². The number of nitrogens with zero attached hydrogens (tertiary/aromatic N) is 1. The Morgan fingerprint density at radius 3 is 2.70 bits per heavy atom. The molecule has 2 rings (SSSR count). The van der Waals surface area contributed by atoms with Crippen LogP contribution in [0.5, 0.6) is 0 Å². The van der Waals surface area contributed by atoms with Gasteiger partial charge in [-0.25, -0.2) is 12.8 Å². The highest BCUT2D eigenvalue weighted by Crippen LogP contribution is 2.27. The Bertz CT molecular complexity index is 629. The first-order valence-corrected chi connectivity index (χ1v) is 8.15. The Hall–Kier alpha value is -1.63. The normalized spacial score (nSPS) is 19.9. The van der Waals surface area contributed by atoms with Gasteiger partial charge in [0.05, 0.1) is 16.5 Å². The predicted molar refractivity (Wildman–Crippen MR) is 72.1 cm³/mol. The molecule has 1 atom stereocenters.